The summed E-state index contributed by atoms with van der Waals surface area (Å²) in [6, 6.07) is 3.14. The van der Waals surface area contributed by atoms with Crippen molar-refractivity contribution in [3.05, 3.63) is 16.5 Å². The molecular formula is C19H29ClN4O4S2. The van der Waals surface area contributed by atoms with Crippen LogP contribution in [0.25, 0.3) is 0 Å². The first-order valence-corrected chi connectivity index (χ1v) is 13.0. The molecule has 0 aliphatic carbocycles. The molecule has 0 bridgehead atoms. The molecule has 0 atom stereocenters. The molecule has 3 amide bonds. The Hall–Kier alpha value is -1.36. The number of piperidine rings is 1. The first-order valence-electron chi connectivity index (χ1n) is 10.4. The second-order valence-electron chi connectivity index (χ2n) is 7.50. The molecule has 0 radical (unpaired) electrons. The minimum absolute atomic E-state index is 0.0402. The molecule has 3 heterocycles. The molecule has 2 saturated heterocycles. The molecule has 1 aromatic heterocycles. The van der Waals surface area contributed by atoms with Gasteiger partial charge < -0.3 is 14.7 Å². The molecule has 11 heteroatoms. The third-order valence-corrected chi connectivity index (χ3v) is 9.44. The summed E-state index contributed by atoms with van der Waals surface area (Å²) in [6.07, 6.45) is 1.30. The van der Waals surface area contributed by atoms with Gasteiger partial charge in [-0.1, -0.05) is 11.6 Å². The van der Waals surface area contributed by atoms with Crippen molar-refractivity contribution in [2.45, 2.75) is 30.9 Å². The molecule has 0 spiro atoms. The van der Waals surface area contributed by atoms with Gasteiger partial charge in [0.05, 0.1) is 4.34 Å². The second kappa shape index (κ2) is 9.84. The van der Waals surface area contributed by atoms with Gasteiger partial charge in [-0.2, -0.15) is 4.31 Å². The summed E-state index contributed by atoms with van der Waals surface area (Å²) < 4.78 is 27.5. The van der Waals surface area contributed by atoms with Crippen molar-refractivity contribution >= 4 is 44.9 Å². The van der Waals surface area contributed by atoms with E-state index < -0.39 is 10.0 Å². The number of hydrogen-bond donors (Lipinski definition) is 0. The third kappa shape index (κ3) is 4.92. The van der Waals surface area contributed by atoms with Gasteiger partial charge in [0.1, 0.15) is 4.21 Å². The number of likely N-dealkylation sites (tertiary alicyclic amines) is 1. The quantitative estimate of drug-likeness (QED) is 0.653. The van der Waals surface area contributed by atoms with Crippen LogP contribution >= 0.6 is 22.9 Å². The first-order chi connectivity index (χ1) is 14.3. The van der Waals surface area contributed by atoms with E-state index in [9.17, 15) is 18.0 Å². The Bertz CT molecular complexity index is 856. The summed E-state index contributed by atoms with van der Waals surface area (Å²) in [5, 5.41) is 0. The van der Waals surface area contributed by atoms with Crippen molar-refractivity contribution < 1.29 is 18.0 Å². The Morgan fingerprint density at radius 3 is 2.13 bits per heavy atom. The van der Waals surface area contributed by atoms with E-state index in [0.717, 1.165) is 11.3 Å². The summed E-state index contributed by atoms with van der Waals surface area (Å²) in [4.78, 5) is 30.8. The maximum Gasteiger partial charge on any atom is 0.319 e. The third-order valence-electron chi connectivity index (χ3n) is 5.84. The minimum atomic E-state index is -3.56. The molecule has 1 aromatic rings. The van der Waals surface area contributed by atoms with Crippen LogP contribution in [0.1, 0.15) is 26.7 Å². The summed E-state index contributed by atoms with van der Waals surface area (Å²) in [5.41, 5.74) is 0. The Morgan fingerprint density at radius 1 is 1.03 bits per heavy atom. The fourth-order valence-electron chi connectivity index (χ4n) is 3.98. The highest BCUT2D eigenvalue weighted by Crippen LogP contribution is 2.29. The van der Waals surface area contributed by atoms with Crippen molar-refractivity contribution in [1.29, 1.82) is 0 Å². The van der Waals surface area contributed by atoms with Gasteiger partial charge in [0.2, 0.25) is 5.91 Å². The van der Waals surface area contributed by atoms with Crippen molar-refractivity contribution in [2.24, 2.45) is 5.92 Å². The number of urea groups is 1. The highest BCUT2D eigenvalue weighted by atomic mass is 35.5. The number of halogens is 1. The Kier molecular flexibility index (Phi) is 7.65. The van der Waals surface area contributed by atoms with Crippen LogP contribution in [0, 0.1) is 5.92 Å². The van der Waals surface area contributed by atoms with Crippen LogP contribution in [-0.2, 0) is 14.8 Å². The average molecular weight is 477 g/mol. The van der Waals surface area contributed by atoms with Gasteiger partial charge in [-0.15, -0.1) is 11.3 Å². The lowest BCUT2D eigenvalue weighted by Gasteiger charge is -2.38. The predicted octanol–water partition coefficient (Wildman–Crippen LogP) is 2.41. The summed E-state index contributed by atoms with van der Waals surface area (Å²) in [7, 11) is -3.56. The maximum atomic E-state index is 12.9. The van der Waals surface area contributed by atoms with E-state index in [-0.39, 0.29) is 35.2 Å². The van der Waals surface area contributed by atoms with Crippen molar-refractivity contribution in [3.8, 4) is 0 Å². The largest absolute Gasteiger partial charge is 0.340 e. The van der Waals surface area contributed by atoms with Crippen LogP contribution in [0.3, 0.4) is 0 Å². The summed E-state index contributed by atoms with van der Waals surface area (Å²) in [6.45, 7) is 7.78. The highest BCUT2D eigenvalue weighted by molar-refractivity contribution is 7.91. The van der Waals surface area contributed by atoms with Crippen LogP contribution in [0.2, 0.25) is 4.34 Å². The zero-order valence-electron chi connectivity index (χ0n) is 17.4. The number of rotatable bonds is 5. The molecule has 168 valence electrons. The lowest BCUT2D eigenvalue weighted by molar-refractivity contribution is -0.138. The van der Waals surface area contributed by atoms with Crippen LogP contribution in [-0.4, -0.2) is 91.7 Å². The molecule has 3 rings (SSSR count). The van der Waals surface area contributed by atoms with E-state index in [1.165, 1.54) is 10.4 Å². The van der Waals surface area contributed by atoms with Crippen LogP contribution in [0.4, 0.5) is 4.79 Å². The standard InChI is InChI=1S/C19H29ClN4O4S2/c1-3-21(4-2)19(26)23-9-7-15(8-10-23)18(25)22-11-13-24(14-12-22)30(27,28)17-6-5-16(20)29-17/h5-6,15H,3-4,7-14H2,1-2H3. The molecule has 2 aliphatic heterocycles. The predicted molar refractivity (Wildman–Crippen MR) is 117 cm³/mol. The van der Waals surface area contributed by atoms with E-state index in [2.05, 4.69) is 0 Å². The zero-order chi connectivity index (χ0) is 21.9. The molecule has 0 unspecified atom stereocenters. The van der Waals surface area contributed by atoms with E-state index in [1.807, 2.05) is 18.7 Å². The minimum Gasteiger partial charge on any atom is -0.340 e. The maximum absolute atomic E-state index is 12.9. The van der Waals surface area contributed by atoms with Gasteiger partial charge in [0.25, 0.3) is 10.0 Å². The number of sulfonamides is 1. The van der Waals surface area contributed by atoms with Gasteiger partial charge in [-0.3, -0.25) is 4.79 Å². The molecule has 2 fully saturated rings. The topological polar surface area (TPSA) is 81.2 Å². The monoisotopic (exact) mass is 476 g/mol. The van der Waals surface area contributed by atoms with E-state index in [1.54, 1.807) is 15.9 Å². The normalized spacial score (nSPS) is 19.2. The van der Waals surface area contributed by atoms with E-state index in [4.69, 9.17) is 11.6 Å². The Morgan fingerprint density at radius 2 is 1.63 bits per heavy atom. The molecule has 8 nitrogen and oxygen atoms in total. The van der Waals surface area contributed by atoms with Gasteiger partial charge in [0.15, 0.2) is 0 Å². The second-order valence-corrected chi connectivity index (χ2v) is 11.4. The molecule has 0 N–H and O–H groups in total. The molecular weight excluding hydrogens is 448 g/mol. The summed E-state index contributed by atoms with van der Waals surface area (Å²) >= 11 is 6.92. The van der Waals surface area contributed by atoms with Gasteiger partial charge in [-0.05, 0) is 38.8 Å². The van der Waals surface area contributed by atoms with Gasteiger partial charge in [0, 0.05) is 58.3 Å². The van der Waals surface area contributed by atoms with Crippen LogP contribution < -0.4 is 0 Å². The van der Waals surface area contributed by atoms with E-state index >= 15 is 0 Å². The fraction of sp³-hybridized carbons (Fsp3) is 0.684. The smallest absolute Gasteiger partial charge is 0.319 e. The van der Waals surface area contributed by atoms with Crippen molar-refractivity contribution in [2.75, 3.05) is 52.4 Å². The SMILES string of the molecule is CCN(CC)C(=O)N1CCC(C(=O)N2CCN(S(=O)(=O)c3ccc(Cl)s3)CC2)CC1. The lowest BCUT2D eigenvalue weighted by Crippen LogP contribution is -2.53. The number of thiophene rings is 1. The number of amides is 3. The fourth-order valence-corrected chi connectivity index (χ4v) is 7.04. The van der Waals surface area contributed by atoms with Crippen LogP contribution in [0.5, 0.6) is 0 Å². The number of hydrogen-bond acceptors (Lipinski definition) is 5. The Labute approximate surface area is 187 Å². The van der Waals surface area contributed by atoms with Crippen LogP contribution in [0.15, 0.2) is 16.3 Å². The zero-order valence-corrected chi connectivity index (χ0v) is 19.8. The first kappa shape index (κ1) is 23.3. The van der Waals surface area contributed by atoms with Crippen molar-refractivity contribution in [1.82, 2.24) is 19.0 Å². The highest BCUT2D eigenvalue weighted by Gasteiger charge is 2.35. The molecule has 0 saturated carbocycles. The molecule has 0 aromatic carbocycles. The number of carbonyl (C=O) groups excluding carboxylic acids is 2. The molecule has 30 heavy (non-hydrogen) atoms. The summed E-state index contributed by atoms with van der Waals surface area (Å²) in [5.74, 6) is -0.0360. The number of carbonyl (C=O) groups is 2. The number of piperazine rings is 1. The number of nitrogens with zero attached hydrogens (tertiary/aromatic N) is 4. The lowest BCUT2D eigenvalue weighted by atomic mass is 9.95. The molecule has 2 aliphatic rings. The van der Waals surface area contributed by atoms with Gasteiger partial charge in [-0.25, -0.2) is 13.2 Å². The van der Waals surface area contributed by atoms with Crippen molar-refractivity contribution in [3.63, 3.8) is 0 Å². The average Bonchev–Trinajstić information content (AvgIpc) is 3.21. The van der Waals surface area contributed by atoms with E-state index in [0.29, 0.717) is 56.4 Å². The van der Waals surface area contributed by atoms with Gasteiger partial charge >= 0.3 is 6.03 Å². The Balaban J connectivity index is 1.51.